The highest BCUT2D eigenvalue weighted by Crippen LogP contribution is 2.35. The molecule has 0 amide bonds. The first-order chi connectivity index (χ1) is 8.22. The van der Waals surface area contributed by atoms with Gasteiger partial charge in [-0.25, -0.2) is 4.79 Å². The zero-order valence-corrected chi connectivity index (χ0v) is 10.3. The lowest BCUT2D eigenvalue weighted by atomic mass is 10.0. The number of hydrogen-bond donors (Lipinski definition) is 1. The van der Waals surface area contributed by atoms with Crippen molar-refractivity contribution in [2.45, 2.75) is 25.6 Å². The maximum Gasteiger partial charge on any atom is 0.422 e. The van der Waals surface area contributed by atoms with Gasteiger partial charge < -0.3 is 10.1 Å². The summed E-state index contributed by atoms with van der Waals surface area (Å²) in [5, 5.41) is 2.21. The van der Waals surface area contributed by atoms with Crippen LogP contribution >= 0.6 is 0 Å². The average molecular weight is 261 g/mol. The minimum atomic E-state index is -4.76. The van der Waals surface area contributed by atoms with E-state index in [2.05, 4.69) is 10.1 Å². The summed E-state index contributed by atoms with van der Waals surface area (Å²) < 4.78 is 43.2. The molecule has 1 rings (SSSR count). The van der Waals surface area contributed by atoms with E-state index < -0.39 is 17.7 Å². The van der Waals surface area contributed by atoms with Crippen molar-refractivity contribution in [2.24, 2.45) is 0 Å². The van der Waals surface area contributed by atoms with E-state index >= 15 is 0 Å². The minimum absolute atomic E-state index is 0.239. The van der Waals surface area contributed by atoms with Crippen LogP contribution in [-0.2, 0) is 9.53 Å². The lowest BCUT2D eigenvalue weighted by Gasteiger charge is -2.31. The van der Waals surface area contributed by atoms with Crippen LogP contribution in [-0.4, -0.2) is 24.8 Å². The molecule has 1 aromatic rings. The number of alkyl halides is 3. The van der Waals surface area contributed by atoms with E-state index in [1.165, 1.54) is 6.07 Å². The Balaban J connectivity index is 3.16. The van der Waals surface area contributed by atoms with Crippen LogP contribution in [0.5, 0.6) is 0 Å². The number of rotatable bonds is 3. The van der Waals surface area contributed by atoms with Gasteiger partial charge in [-0.05, 0) is 25.5 Å². The summed E-state index contributed by atoms with van der Waals surface area (Å²) in [4.78, 5) is 11.4. The van der Waals surface area contributed by atoms with Crippen molar-refractivity contribution in [3.05, 3.63) is 29.8 Å². The standard InChI is InChI=1S/C12H14F3NO2/c1-8-6-4-5-7-9(8)16-11(2,10(17)18-3)12(13,14)15/h4-7,16H,1-3H3. The number of carbonyl (C=O) groups excluding carboxylic acids is 1. The van der Waals surface area contributed by atoms with Gasteiger partial charge in [0.15, 0.2) is 0 Å². The molecule has 1 aromatic carbocycles. The van der Waals surface area contributed by atoms with Crippen LogP contribution in [0.25, 0.3) is 0 Å². The highest BCUT2D eigenvalue weighted by atomic mass is 19.4. The molecule has 100 valence electrons. The van der Waals surface area contributed by atoms with Crippen LogP contribution < -0.4 is 5.32 Å². The van der Waals surface area contributed by atoms with Gasteiger partial charge in [-0.1, -0.05) is 18.2 Å². The number of halogens is 3. The van der Waals surface area contributed by atoms with Gasteiger partial charge in [0.25, 0.3) is 0 Å². The van der Waals surface area contributed by atoms with Crippen LogP contribution in [0.3, 0.4) is 0 Å². The molecule has 0 radical (unpaired) electrons. The van der Waals surface area contributed by atoms with Gasteiger partial charge in [0, 0.05) is 5.69 Å². The maximum absolute atomic E-state index is 13.0. The molecule has 18 heavy (non-hydrogen) atoms. The van der Waals surface area contributed by atoms with E-state index in [9.17, 15) is 18.0 Å². The van der Waals surface area contributed by atoms with Crippen LogP contribution in [0, 0.1) is 6.92 Å². The number of methoxy groups -OCH3 is 1. The summed E-state index contributed by atoms with van der Waals surface area (Å²) in [6.07, 6.45) is -4.76. The van der Waals surface area contributed by atoms with Gasteiger partial charge in [-0.2, -0.15) is 13.2 Å². The predicted molar refractivity (Wildman–Crippen MR) is 61.3 cm³/mol. The molecule has 1 unspecified atom stereocenters. The van der Waals surface area contributed by atoms with Crippen molar-refractivity contribution in [3.63, 3.8) is 0 Å². The largest absolute Gasteiger partial charge is 0.467 e. The second-order valence-corrected chi connectivity index (χ2v) is 4.05. The van der Waals surface area contributed by atoms with E-state index in [1.807, 2.05) is 0 Å². The van der Waals surface area contributed by atoms with Crippen molar-refractivity contribution in [2.75, 3.05) is 12.4 Å². The molecule has 0 aliphatic heterocycles. The Morgan fingerprint density at radius 2 is 1.83 bits per heavy atom. The first-order valence-electron chi connectivity index (χ1n) is 5.21. The number of para-hydroxylation sites is 1. The Morgan fingerprint density at radius 1 is 1.28 bits per heavy atom. The predicted octanol–water partition coefficient (Wildman–Crippen LogP) is 2.90. The molecule has 0 saturated heterocycles. The number of ether oxygens (including phenoxy) is 1. The van der Waals surface area contributed by atoms with Gasteiger partial charge in [0.2, 0.25) is 5.54 Å². The number of benzene rings is 1. The first-order valence-corrected chi connectivity index (χ1v) is 5.21. The van der Waals surface area contributed by atoms with Crippen molar-refractivity contribution in [1.82, 2.24) is 0 Å². The van der Waals surface area contributed by atoms with Gasteiger partial charge in [-0.15, -0.1) is 0 Å². The Labute approximate surface area is 103 Å². The van der Waals surface area contributed by atoms with Gasteiger partial charge in [0.05, 0.1) is 7.11 Å². The molecule has 0 spiro atoms. The molecule has 0 bridgehead atoms. The molecule has 1 atom stereocenters. The molecule has 3 nitrogen and oxygen atoms in total. The zero-order valence-electron chi connectivity index (χ0n) is 10.3. The van der Waals surface area contributed by atoms with Crippen LogP contribution in [0.15, 0.2) is 24.3 Å². The molecular weight excluding hydrogens is 247 g/mol. The number of aryl methyl sites for hydroxylation is 1. The summed E-state index contributed by atoms with van der Waals surface area (Å²) in [5.74, 6) is -1.38. The fourth-order valence-electron chi connectivity index (χ4n) is 1.42. The third-order valence-electron chi connectivity index (χ3n) is 2.69. The normalized spacial score (nSPS) is 14.8. The molecule has 6 heteroatoms. The second-order valence-electron chi connectivity index (χ2n) is 4.05. The van der Waals surface area contributed by atoms with Gasteiger partial charge >= 0.3 is 12.1 Å². The van der Waals surface area contributed by atoms with Crippen molar-refractivity contribution in [1.29, 1.82) is 0 Å². The van der Waals surface area contributed by atoms with Crippen molar-refractivity contribution in [3.8, 4) is 0 Å². The van der Waals surface area contributed by atoms with E-state index in [0.717, 1.165) is 14.0 Å². The minimum Gasteiger partial charge on any atom is -0.467 e. The smallest absolute Gasteiger partial charge is 0.422 e. The van der Waals surface area contributed by atoms with Crippen molar-refractivity contribution >= 4 is 11.7 Å². The van der Waals surface area contributed by atoms with Crippen molar-refractivity contribution < 1.29 is 22.7 Å². The molecule has 1 N–H and O–H groups in total. The molecule has 0 aromatic heterocycles. The summed E-state index contributed by atoms with van der Waals surface area (Å²) >= 11 is 0. The van der Waals surface area contributed by atoms with E-state index in [-0.39, 0.29) is 5.69 Å². The number of hydrogen-bond acceptors (Lipinski definition) is 3. The lowest BCUT2D eigenvalue weighted by Crippen LogP contribution is -2.56. The monoisotopic (exact) mass is 261 g/mol. The van der Waals surface area contributed by atoms with E-state index in [0.29, 0.717) is 5.56 Å². The quantitative estimate of drug-likeness (QED) is 0.850. The van der Waals surface area contributed by atoms with Gasteiger partial charge in [0.1, 0.15) is 0 Å². The molecule has 0 aliphatic carbocycles. The van der Waals surface area contributed by atoms with E-state index in [4.69, 9.17) is 0 Å². The van der Waals surface area contributed by atoms with Crippen LogP contribution in [0.4, 0.5) is 18.9 Å². The molecule has 0 heterocycles. The molecular formula is C12H14F3NO2. The Morgan fingerprint density at radius 3 is 2.28 bits per heavy atom. The SMILES string of the molecule is COC(=O)C(C)(Nc1ccccc1C)C(F)(F)F. The summed E-state index contributed by atoms with van der Waals surface area (Å²) in [6.45, 7) is 2.40. The van der Waals surface area contributed by atoms with E-state index in [1.54, 1.807) is 25.1 Å². The fraction of sp³-hybridized carbons (Fsp3) is 0.417. The Hall–Kier alpha value is -1.72. The lowest BCUT2D eigenvalue weighted by molar-refractivity contribution is -0.195. The highest BCUT2D eigenvalue weighted by Gasteiger charge is 2.58. The van der Waals surface area contributed by atoms with Crippen LogP contribution in [0.2, 0.25) is 0 Å². The number of nitrogens with one attached hydrogen (secondary N) is 1. The summed E-state index contributed by atoms with van der Waals surface area (Å²) in [7, 11) is 0.922. The van der Waals surface area contributed by atoms with Crippen LogP contribution in [0.1, 0.15) is 12.5 Å². The van der Waals surface area contributed by atoms with Gasteiger partial charge in [-0.3, -0.25) is 0 Å². The number of esters is 1. The zero-order chi connectivity index (χ0) is 14.0. The Bertz CT molecular complexity index is 445. The third kappa shape index (κ3) is 2.57. The fourth-order valence-corrected chi connectivity index (χ4v) is 1.42. The topological polar surface area (TPSA) is 38.3 Å². The Kier molecular flexibility index (Phi) is 3.88. The summed E-state index contributed by atoms with van der Waals surface area (Å²) in [5.41, 5.74) is -1.92. The average Bonchev–Trinajstić information content (AvgIpc) is 2.29. The first kappa shape index (κ1) is 14.3. The summed E-state index contributed by atoms with van der Waals surface area (Å²) in [6, 6.07) is 6.41. The third-order valence-corrected chi connectivity index (χ3v) is 2.69. The molecule has 0 fully saturated rings. The molecule has 0 aliphatic rings. The second kappa shape index (κ2) is 4.88. The highest BCUT2D eigenvalue weighted by molar-refractivity contribution is 5.85. The maximum atomic E-state index is 13.0. The molecule has 0 saturated carbocycles. The number of anilines is 1. The number of carbonyl (C=O) groups is 1.